The van der Waals surface area contributed by atoms with Crippen molar-refractivity contribution in [3.05, 3.63) is 23.7 Å². The third-order valence-corrected chi connectivity index (χ3v) is 3.34. The zero-order valence-electron chi connectivity index (χ0n) is 10.4. The number of piperidine rings is 1. The van der Waals surface area contributed by atoms with Gasteiger partial charge in [-0.15, -0.1) is 0 Å². The van der Waals surface area contributed by atoms with Crippen LogP contribution >= 0.6 is 0 Å². The second-order valence-corrected chi connectivity index (χ2v) is 4.78. The van der Waals surface area contributed by atoms with Crippen LogP contribution in [0.4, 0.5) is 0 Å². The summed E-state index contributed by atoms with van der Waals surface area (Å²) in [5, 5.41) is 8.73. The molecule has 0 radical (unpaired) electrons. The average molecular weight is 251 g/mol. The predicted octanol–water partition coefficient (Wildman–Crippen LogP) is 1.91. The third kappa shape index (κ3) is 2.91. The number of rotatable bonds is 3. The number of aliphatic carboxylic acids is 1. The number of carboxylic acid groups (broad SMARTS) is 1. The molecule has 0 aliphatic carbocycles. The first-order valence-corrected chi connectivity index (χ1v) is 6.12. The van der Waals surface area contributed by atoms with E-state index in [0.29, 0.717) is 18.7 Å². The van der Waals surface area contributed by atoms with Gasteiger partial charge in [-0.2, -0.15) is 0 Å². The van der Waals surface area contributed by atoms with E-state index >= 15 is 0 Å². The van der Waals surface area contributed by atoms with Gasteiger partial charge in [0.15, 0.2) is 0 Å². The molecule has 1 saturated heterocycles. The summed E-state index contributed by atoms with van der Waals surface area (Å²) >= 11 is 0. The quantitative estimate of drug-likeness (QED) is 0.890. The lowest BCUT2D eigenvalue weighted by Crippen LogP contribution is -2.38. The van der Waals surface area contributed by atoms with E-state index in [-0.39, 0.29) is 18.2 Å². The van der Waals surface area contributed by atoms with E-state index in [1.165, 1.54) is 6.26 Å². The van der Waals surface area contributed by atoms with Gasteiger partial charge in [0, 0.05) is 19.5 Å². The van der Waals surface area contributed by atoms with Crippen molar-refractivity contribution in [1.82, 2.24) is 4.90 Å². The maximum Gasteiger partial charge on any atom is 0.303 e. The summed E-state index contributed by atoms with van der Waals surface area (Å²) in [6, 6.07) is 1.73. The minimum atomic E-state index is -0.759. The molecular formula is C13H17NO4. The highest BCUT2D eigenvalue weighted by Crippen LogP contribution is 2.22. The van der Waals surface area contributed by atoms with Crippen LogP contribution in [0.3, 0.4) is 0 Å². The molecule has 18 heavy (non-hydrogen) atoms. The number of carboxylic acids is 1. The van der Waals surface area contributed by atoms with Crippen molar-refractivity contribution in [2.45, 2.75) is 26.2 Å². The summed E-state index contributed by atoms with van der Waals surface area (Å²) in [6.45, 7) is 3.05. The van der Waals surface area contributed by atoms with Gasteiger partial charge < -0.3 is 14.4 Å². The van der Waals surface area contributed by atoms with Crippen LogP contribution in [0.5, 0.6) is 0 Å². The summed E-state index contributed by atoms with van der Waals surface area (Å²) in [6.07, 6.45) is 3.19. The number of hydrogen-bond donors (Lipinski definition) is 1. The number of nitrogens with zero attached hydrogens (tertiary/aromatic N) is 1. The Kier molecular flexibility index (Phi) is 3.69. The zero-order chi connectivity index (χ0) is 13.1. The molecule has 0 aromatic carbocycles. The molecule has 5 nitrogen and oxygen atoms in total. The van der Waals surface area contributed by atoms with Gasteiger partial charge in [0.1, 0.15) is 12.0 Å². The Hall–Kier alpha value is -1.78. The topological polar surface area (TPSA) is 70.8 Å². The van der Waals surface area contributed by atoms with E-state index in [2.05, 4.69) is 0 Å². The molecule has 0 spiro atoms. The van der Waals surface area contributed by atoms with Crippen LogP contribution < -0.4 is 0 Å². The fourth-order valence-corrected chi connectivity index (χ4v) is 2.33. The first-order chi connectivity index (χ1) is 8.56. The summed E-state index contributed by atoms with van der Waals surface area (Å²) in [5.41, 5.74) is 0.573. The minimum absolute atomic E-state index is 0.0272. The summed E-state index contributed by atoms with van der Waals surface area (Å²) < 4.78 is 5.12. The van der Waals surface area contributed by atoms with Gasteiger partial charge in [-0.3, -0.25) is 9.59 Å². The fourth-order valence-electron chi connectivity index (χ4n) is 2.33. The van der Waals surface area contributed by atoms with Crippen LogP contribution in [0, 0.1) is 12.8 Å². The monoisotopic (exact) mass is 251 g/mol. The molecule has 1 aromatic heterocycles. The molecule has 1 aromatic rings. The molecule has 0 bridgehead atoms. The number of amides is 1. The molecule has 2 heterocycles. The lowest BCUT2D eigenvalue weighted by Gasteiger charge is -2.31. The number of likely N-dealkylation sites (tertiary alicyclic amines) is 1. The van der Waals surface area contributed by atoms with E-state index in [1.807, 2.05) is 0 Å². The van der Waals surface area contributed by atoms with Crippen molar-refractivity contribution in [2.75, 3.05) is 13.1 Å². The van der Waals surface area contributed by atoms with E-state index < -0.39 is 5.97 Å². The van der Waals surface area contributed by atoms with Gasteiger partial charge in [-0.05, 0) is 31.7 Å². The highest BCUT2D eigenvalue weighted by molar-refractivity contribution is 5.94. The first-order valence-electron chi connectivity index (χ1n) is 6.12. The predicted molar refractivity (Wildman–Crippen MR) is 64.3 cm³/mol. The summed E-state index contributed by atoms with van der Waals surface area (Å²) in [7, 11) is 0. The van der Waals surface area contributed by atoms with Crippen molar-refractivity contribution in [1.29, 1.82) is 0 Å². The molecular weight excluding hydrogens is 234 g/mol. The Morgan fingerprint density at radius 2 is 2.11 bits per heavy atom. The van der Waals surface area contributed by atoms with Crippen molar-refractivity contribution in [3.63, 3.8) is 0 Å². The molecule has 5 heteroatoms. The maximum absolute atomic E-state index is 12.1. The Labute approximate surface area is 105 Å². The molecule has 1 aliphatic heterocycles. The number of hydrogen-bond acceptors (Lipinski definition) is 3. The number of carbonyl (C=O) groups excluding carboxylic acids is 1. The van der Waals surface area contributed by atoms with Gasteiger partial charge >= 0.3 is 5.97 Å². The van der Waals surface area contributed by atoms with E-state index in [0.717, 1.165) is 18.6 Å². The highest BCUT2D eigenvalue weighted by atomic mass is 16.4. The van der Waals surface area contributed by atoms with Crippen LogP contribution in [0.15, 0.2) is 16.7 Å². The van der Waals surface area contributed by atoms with Crippen LogP contribution in [-0.4, -0.2) is 35.0 Å². The Morgan fingerprint density at radius 3 is 2.61 bits per heavy atom. The van der Waals surface area contributed by atoms with Crippen molar-refractivity contribution in [3.8, 4) is 0 Å². The van der Waals surface area contributed by atoms with Gasteiger partial charge in [-0.25, -0.2) is 0 Å². The van der Waals surface area contributed by atoms with Crippen LogP contribution in [0.2, 0.25) is 0 Å². The van der Waals surface area contributed by atoms with Crippen LogP contribution in [0.1, 0.15) is 35.4 Å². The molecule has 0 unspecified atom stereocenters. The Balaban J connectivity index is 1.90. The first kappa shape index (κ1) is 12.7. The SMILES string of the molecule is Cc1cc(C(=O)N2CCC(CC(=O)O)CC2)co1. The molecule has 1 amide bonds. The fraction of sp³-hybridized carbons (Fsp3) is 0.538. The smallest absolute Gasteiger partial charge is 0.303 e. The van der Waals surface area contributed by atoms with Crippen molar-refractivity contribution < 1.29 is 19.1 Å². The van der Waals surface area contributed by atoms with E-state index in [1.54, 1.807) is 17.9 Å². The lowest BCUT2D eigenvalue weighted by atomic mass is 9.93. The zero-order valence-corrected chi connectivity index (χ0v) is 10.4. The molecule has 2 rings (SSSR count). The molecule has 1 aliphatic rings. The molecule has 0 atom stereocenters. The normalized spacial score (nSPS) is 16.8. The van der Waals surface area contributed by atoms with Crippen LogP contribution in [0.25, 0.3) is 0 Å². The minimum Gasteiger partial charge on any atom is -0.481 e. The second-order valence-electron chi connectivity index (χ2n) is 4.78. The lowest BCUT2D eigenvalue weighted by molar-refractivity contribution is -0.138. The van der Waals surface area contributed by atoms with E-state index in [4.69, 9.17) is 9.52 Å². The molecule has 1 fully saturated rings. The summed E-state index contributed by atoms with van der Waals surface area (Å²) in [5.74, 6) is 0.127. The number of aryl methyl sites for hydroxylation is 1. The van der Waals surface area contributed by atoms with Crippen molar-refractivity contribution >= 4 is 11.9 Å². The average Bonchev–Trinajstić information content (AvgIpc) is 2.75. The van der Waals surface area contributed by atoms with E-state index in [9.17, 15) is 9.59 Å². The van der Waals surface area contributed by atoms with Crippen LogP contribution in [-0.2, 0) is 4.79 Å². The second kappa shape index (κ2) is 5.25. The Morgan fingerprint density at radius 1 is 1.44 bits per heavy atom. The summed E-state index contributed by atoms with van der Waals surface area (Å²) in [4.78, 5) is 24.5. The van der Waals surface area contributed by atoms with Gasteiger partial charge in [-0.1, -0.05) is 0 Å². The van der Waals surface area contributed by atoms with Gasteiger partial charge in [0.05, 0.1) is 5.56 Å². The molecule has 1 N–H and O–H groups in total. The van der Waals surface area contributed by atoms with Gasteiger partial charge in [0.2, 0.25) is 0 Å². The number of furan rings is 1. The van der Waals surface area contributed by atoms with Crippen molar-refractivity contribution in [2.24, 2.45) is 5.92 Å². The highest BCUT2D eigenvalue weighted by Gasteiger charge is 2.25. The largest absolute Gasteiger partial charge is 0.481 e. The standard InChI is InChI=1S/C13H17NO4/c1-9-6-11(8-18-9)13(17)14-4-2-10(3-5-14)7-12(15)16/h6,8,10H,2-5,7H2,1H3,(H,15,16). The third-order valence-electron chi connectivity index (χ3n) is 3.34. The molecule has 98 valence electrons. The van der Waals surface area contributed by atoms with Gasteiger partial charge in [0.25, 0.3) is 5.91 Å². The Bertz CT molecular complexity index is 444. The number of carbonyl (C=O) groups is 2. The maximum atomic E-state index is 12.1. The molecule has 0 saturated carbocycles.